The quantitative estimate of drug-likeness (QED) is 0.486. The van der Waals surface area contributed by atoms with Gasteiger partial charge in [-0.1, -0.05) is 39.2 Å². The Bertz CT molecular complexity index is 1390. The van der Waals surface area contributed by atoms with Crippen molar-refractivity contribution in [3.8, 4) is 11.1 Å². The van der Waals surface area contributed by atoms with Gasteiger partial charge in [0, 0.05) is 18.0 Å². The van der Waals surface area contributed by atoms with Crippen LogP contribution >= 0.6 is 0 Å². The number of anilines is 1. The maximum atomic E-state index is 15.4. The molecule has 0 saturated heterocycles. The second-order valence-corrected chi connectivity index (χ2v) is 11.6. The maximum absolute atomic E-state index is 15.4. The van der Waals surface area contributed by atoms with Gasteiger partial charge in [-0.2, -0.15) is 0 Å². The number of aromatic nitrogens is 2. The molecule has 1 aliphatic rings. The van der Waals surface area contributed by atoms with E-state index in [4.69, 9.17) is 5.73 Å². The summed E-state index contributed by atoms with van der Waals surface area (Å²) in [6.07, 6.45) is 5.41. The highest BCUT2D eigenvalue weighted by Gasteiger charge is 2.29. The molecule has 7 nitrogen and oxygen atoms in total. The van der Waals surface area contributed by atoms with Gasteiger partial charge in [-0.25, -0.2) is 27.2 Å². The highest BCUT2D eigenvalue weighted by Crippen LogP contribution is 2.34. The number of amides is 1. The first-order chi connectivity index (χ1) is 16.5. The van der Waals surface area contributed by atoms with Crippen molar-refractivity contribution >= 4 is 32.5 Å². The Morgan fingerprint density at radius 3 is 2.54 bits per heavy atom. The predicted octanol–water partition coefficient (Wildman–Crippen LogP) is 4.70. The summed E-state index contributed by atoms with van der Waals surface area (Å²) in [7, 11) is -3.80. The van der Waals surface area contributed by atoms with Gasteiger partial charge in [-0.15, -0.1) is 0 Å². The van der Waals surface area contributed by atoms with E-state index in [1.165, 1.54) is 12.3 Å². The summed E-state index contributed by atoms with van der Waals surface area (Å²) >= 11 is 0. The normalized spacial score (nSPS) is 15.3. The van der Waals surface area contributed by atoms with Crippen LogP contribution in [0.4, 0.5) is 14.5 Å². The summed E-state index contributed by atoms with van der Waals surface area (Å²) in [4.78, 5) is 20.3. The summed E-state index contributed by atoms with van der Waals surface area (Å²) in [6, 6.07) is 6.81. The molecule has 3 aromatic rings. The number of hydrogen-bond donors (Lipinski definition) is 2. The Morgan fingerprint density at radius 2 is 1.86 bits per heavy atom. The number of carbonyl (C=O) groups excluding carboxylic acids is 1. The van der Waals surface area contributed by atoms with Crippen LogP contribution in [0.3, 0.4) is 0 Å². The number of nitrogens with zero attached hydrogens (tertiary/aromatic N) is 2. The lowest BCUT2D eigenvalue weighted by Gasteiger charge is -2.23. The van der Waals surface area contributed by atoms with Gasteiger partial charge in [0.2, 0.25) is 15.9 Å². The number of sulfonamides is 1. The van der Waals surface area contributed by atoms with Crippen LogP contribution < -0.4 is 10.5 Å². The third-order valence-electron chi connectivity index (χ3n) is 6.52. The molecule has 1 amide bonds. The maximum Gasteiger partial charge on any atom is 0.235 e. The average Bonchev–Trinajstić information content (AvgIpc) is 2.81. The van der Waals surface area contributed by atoms with Crippen molar-refractivity contribution in [1.29, 1.82) is 0 Å². The Labute approximate surface area is 203 Å². The second-order valence-electron chi connectivity index (χ2n) is 9.68. The first-order valence-corrected chi connectivity index (χ1v) is 13.1. The molecule has 1 saturated carbocycles. The van der Waals surface area contributed by atoms with Crippen LogP contribution in [0.5, 0.6) is 0 Å². The van der Waals surface area contributed by atoms with Gasteiger partial charge in [0.25, 0.3) is 0 Å². The summed E-state index contributed by atoms with van der Waals surface area (Å²) < 4.78 is 58.0. The molecule has 0 spiro atoms. The van der Waals surface area contributed by atoms with Crippen molar-refractivity contribution in [3.05, 3.63) is 54.0 Å². The molecule has 1 aliphatic carbocycles. The largest absolute Gasteiger partial charge is 0.369 e. The monoisotopic (exact) mass is 502 g/mol. The molecule has 1 fully saturated rings. The van der Waals surface area contributed by atoms with Crippen molar-refractivity contribution in [2.45, 2.75) is 57.6 Å². The lowest BCUT2D eigenvalue weighted by Crippen LogP contribution is -2.33. The summed E-state index contributed by atoms with van der Waals surface area (Å²) in [5.41, 5.74) is 4.73. The lowest BCUT2D eigenvalue weighted by atomic mass is 9.88. The Morgan fingerprint density at radius 1 is 1.14 bits per heavy atom. The van der Waals surface area contributed by atoms with E-state index in [9.17, 15) is 17.6 Å². The van der Waals surface area contributed by atoms with E-state index in [-0.39, 0.29) is 23.2 Å². The molecular weight excluding hydrogens is 474 g/mol. The number of halogens is 2. The van der Waals surface area contributed by atoms with Crippen LogP contribution in [0, 0.1) is 17.0 Å². The van der Waals surface area contributed by atoms with Crippen molar-refractivity contribution in [3.63, 3.8) is 0 Å². The molecule has 0 unspecified atom stereocenters. The minimum absolute atomic E-state index is 0.222. The highest BCUT2D eigenvalue weighted by molar-refractivity contribution is 7.93. The molecule has 1 heterocycles. The zero-order valence-electron chi connectivity index (χ0n) is 19.6. The first kappa shape index (κ1) is 25.0. The predicted molar refractivity (Wildman–Crippen MR) is 131 cm³/mol. The Balaban J connectivity index is 1.66. The third-order valence-corrected chi connectivity index (χ3v) is 8.37. The van der Waals surface area contributed by atoms with E-state index in [0.29, 0.717) is 29.6 Å². The number of carbonyl (C=O) groups is 1. The standard InChI is InChI=1S/C25H28F2N4O3S/c1-25(2,24(28)32)13-21-29-14-16-12-15(8-10-19(16)30-21)22-18(26)9-11-20(23(22)27)31-35(33,34)17-6-4-3-5-7-17/h8-12,14,17,31H,3-7,13H2,1-2H3,(H2,28,32). The van der Waals surface area contributed by atoms with Gasteiger partial charge in [0.05, 0.1) is 27.4 Å². The zero-order chi connectivity index (χ0) is 25.4. The first-order valence-electron chi connectivity index (χ1n) is 11.5. The molecule has 4 rings (SSSR count). The van der Waals surface area contributed by atoms with Crippen LogP contribution in [0.2, 0.25) is 0 Å². The number of nitrogens with one attached hydrogen (secondary N) is 1. The van der Waals surface area contributed by atoms with E-state index in [1.54, 1.807) is 26.0 Å². The van der Waals surface area contributed by atoms with Crippen molar-refractivity contribution in [2.75, 3.05) is 4.72 Å². The molecular formula is C25H28F2N4O3S. The van der Waals surface area contributed by atoms with Crippen molar-refractivity contribution in [2.24, 2.45) is 11.1 Å². The van der Waals surface area contributed by atoms with Gasteiger partial charge < -0.3 is 5.73 Å². The van der Waals surface area contributed by atoms with Gasteiger partial charge in [-0.05, 0) is 42.7 Å². The number of rotatable bonds is 7. The molecule has 2 aromatic carbocycles. The fourth-order valence-electron chi connectivity index (χ4n) is 4.30. The molecule has 3 N–H and O–H groups in total. The average molecular weight is 503 g/mol. The molecule has 0 bridgehead atoms. The molecule has 0 atom stereocenters. The third kappa shape index (κ3) is 5.27. The van der Waals surface area contributed by atoms with Crippen LogP contribution in [0.25, 0.3) is 22.0 Å². The fraction of sp³-hybridized carbons (Fsp3) is 0.400. The molecule has 10 heteroatoms. The SMILES string of the molecule is CC(C)(Cc1ncc2cc(-c3c(F)ccc(NS(=O)(=O)C4CCCCC4)c3F)ccc2n1)C(N)=O. The van der Waals surface area contributed by atoms with Crippen molar-refractivity contribution in [1.82, 2.24) is 9.97 Å². The lowest BCUT2D eigenvalue weighted by molar-refractivity contribution is -0.126. The molecule has 1 aromatic heterocycles. The number of primary amides is 1. The number of benzene rings is 2. The molecule has 186 valence electrons. The number of hydrogen-bond acceptors (Lipinski definition) is 5. The van der Waals surface area contributed by atoms with Crippen LogP contribution in [0.1, 0.15) is 51.8 Å². The molecule has 0 aliphatic heterocycles. The summed E-state index contributed by atoms with van der Waals surface area (Å²) in [5.74, 6) is -1.85. The van der Waals surface area contributed by atoms with E-state index < -0.39 is 38.2 Å². The fourth-order valence-corrected chi connectivity index (χ4v) is 5.89. The minimum atomic E-state index is -3.80. The Kier molecular flexibility index (Phi) is 6.77. The number of fused-ring (bicyclic) bond motifs is 1. The zero-order valence-corrected chi connectivity index (χ0v) is 20.5. The minimum Gasteiger partial charge on any atom is -0.369 e. The molecule has 0 radical (unpaired) electrons. The second kappa shape index (κ2) is 9.49. The van der Waals surface area contributed by atoms with Gasteiger partial charge >= 0.3 is 0 Å². The van der Waals surface area contributed by atoms with Gasteiger partial charge in [-0.3, -0.25) is 9.52 Å². The topological polar surface area (TPSA) is 115 Å². The van der Waals surface area contributed by atoms with Crippen LogP contribution in [-0.2, 0) is 21.2 Å². The summed E-state index contributed by atoms with van der Waals surface area (Å²) in [5, 5.41) is -0.0502. The van der Waals surface area contributed by atoms with Gasteiger partial charge in [0.15, 0.2) is 5.82 Å². The van der Waals surface area contributed by atoms with E-state index in [1.807, 2.05) is 0 Å². The van der Waals surface area contributed by atoms with Gasteiger partial charge in [0.1, 0.15) is 11.6 Å². The summed E-state index contributed by atoms with van der Waals surface area (Å²) in [6.45, 7) is 3.40. The number of nitrogens with two attached hydrogens (primary N) is 1. The van der Waals surface area contributed by atoms with E-state index in [0.717, 1.165) is 31.4 Å². The van der Waals surface area contributed by atoms with E-state index >= 15 is 4.39 Å². The Hall–Kier alpha value is -3.14. The smallest absolute Gasteiger partial charge is 0.235 e. The van der Waals surface area contributed by atoms with E-state index in [2.05, 4.69) is 14.7 Å². The highest BCUT2D eigenvalue weighted by atomic mass is 32.2. The van der Waals surface area contributed by atoms with Crippen LogP contribution in [-0.4, -0.2) is 29.5 Å². The molecule has 35 heavy (non-hydrogen) atoms. The van der Waals surface area contributed by atoms with Crippen molar-refractivity contribution < 1.29 is 22.0 Å². The van der Waals surface area contributed by atoms with Crippen LogP contribution in [0.15, 0.2) is 36.5 Å².